The lowest BCUT2D eigenvalue weighted by Crippen LogP contribution is -2.58. The van der Waals surface area contributed by atoms with E-state index in [1.54, 1.807) is 6.08 Å². The fourth-order valence-electron chi connectivity index (χ4n) is 4.76. The molecule has 2 saturated heterocycles. The number of amides is 3. The number of ether oxygens (including phenoxy) is 1. The van der Waals surface area contributed by atoms with Gasteiger partial charge in [0.05, 0.1) is 12.1 Å². The molecule has 1 aromatic carbocycles. The highest BCUT2D eigenvalue weighted by Crippen LogP contribution is 2.33. The Morgan fingerprint density at radius 2 is 1.91 bits per heavy atom. The Morgan fingerprint density at radius 1 is 1.18 bits per heavy atom. The Hall–Kier alpha value is -3.60. The Kier molecular flexibility index (Phi) is 6.73. The third kappa shape index (κ3) is 4.43. The van der Waals surface area contributed by atoms with Gasteiger partial charge in [0.25, 0.3) is 5.91 Å². The van der Waals surface area contributed by atoms with Gasteiger partial charge in [-0.15, -0.1) is 0 Å². The maximum absolute atomic E-state index is 14.6. The lowest BCUT2D eigenvalue weighted by molar-refractivity contribution is -0.155. The third-order valence-electron chi connectivity index (χ3n) is 6.35. The number of cyclic esters (lactones) is 1. The monoisotopic (exact) mass is 473 g/mol. The molecule has 3 amide bonds. The number of esters is 1. The summed E-state index contributed by atoms with van der Waals surface area (Å²) in [5.74, 6) is -3.67. The van der Waals surface area contributed by atoms with Crippen molar-refractivity contribution in [1.82, 2.24) is 10.2 Å². The van der Waals surface area contributed by atoms with Gasteiger partial charge in [-0.25, -0.2) is 4.39 Å². The zero-order valence-electron chi connectivity index (χ0n) is 18.1. The second kappa shape index (κ2) is 9.72. The van der Waals surface area contributed by atoms with Crippen LogP contribution in [0.25, 0.3) is 0 Å². The summed E-state index contributed by atoms with van der Waals surface area (Å²) in [4.78, 5) is 64.4. The smallest absolute Gasteiger partial charge is 0.310 e. The molecule has 0 radical (unpaired) electrons. The van der Waals surface area contributed by atoms with Gasteiger partial charge in [0.15, 0.2) is 0 Å². The fraction of sp³-hybridized carbons (Fsp3) is 0.435. The van der Waals surface area contributed by atoms with Gasteiger partial charge in [0, 0.05) is 6.04 Å². The van der Waals surface area contributed by atoms with Crippen LogP contribution in [0.15, 0.2) is 36.4 Å². The number of benzene rings is 1. The quantitative estimate of drug-likeness (QED) is 0.270. The summed E-state index contributed by atoms with van der Waals surface area (Å²) < 4.78 is 19.2. The Morgan fingerprint density at radius 3 is 2.59 bits per heavy atom. The maximum Gasteiger partial charge on any atom is 0.310 e. The van der Waals surface area contributed by atoms with E-state index < -0.39 is 53.9 Å². The Bertz CT molecular complexity index is 1050. The van der Waals surface area contributed by atoms with E-state index in [4.69, 9.17) is 0 Å². The second-order valence-electron chi connectivity index (χ2n) is 8.43. The zero-order chi connectivity index (χ0) is 24.4. The van der Waals surface area contributed by atoms with Crippen molar-refractivity contribution in [3.05, 3.63) is 42.2 Å². The number of carbonyl (C=O) groups excluding carboxylic acids is 5. The number of para-hydroxylation sites is 1. The number of hydrogen-bond acceptors (Lipinski definition) is 7. The van der Waals surface area contributed by atoms with Gasteiger partial charge in [-0.3, -0.25) is 28.9 Å². The largest absolute Gasteiger partial charge is 0.434 e. The van der Waals surface area contributed by atoms with Gasteiger partial charge in [-0.05, 0) is 37.8 Å². The van der Waals surface area contributed by atoms with Crippen LogP contribution in [0.1, 0.15) is 32.1 Å². The molecule has 3 heterocycles. The molecule has 34 heavy (non-hydrogen) atoms. The lowest BCUT2D eigenvalue weighted by atomic mass is 10.0. The van der Waals surface area contributed by atoms with Crippen molar-refractivity contribution in [1.29, 1.82) is 0 Å². The standard InChI is InChI=1S/C23H24FN3O7/c24-14-6-2-4-7-16(14)27(19(29)12-28)18-8-3-1-5-13-9-10-17(26(13)22(18)32)21(31)25-15-11-20(30)34-23(15)33/h1-4,6-7,12-13,15,17-18,23,33H,5,8-11H2,(H,25,31)/b3-1-/t13-,15?,17+,18+,23?/m1/s1. The molecule has 3 aliphatic rings. The number of rotatable bonds is 5. The third-order valence-corrected chi connectivity index (χ3v) is 6.35. The number of carbonyl (C=O) groups is 5. The number of anilines is 1. The molecule has 2 N–H and O–H groups in total. The summed E-state index contributed by atoms with van der Waals surface area (Å²) in [6.45, 7) is 0. The van der Waals surface area contributed by atoms with Crippen LogP contribution in [0.2, 0.25) is 0 Å². The van der Waals surface area contributed by atoms with Gasteiger partial charge in [0.2, 0.25) is 24.4 Å². The topological polar surface area (TPSA) is 133 Å². The highest BCUT2D eigenvalue weighted by atomic mass is 19.1. The summed E-state index contributed by atoms with van der Waals surface area (Å²) >= 11 is 0. The van der Waals surface area contributed by atoms with Crippen molar-refractivity contribution in [2.45, 2.75) is 62.6 Å². The van der Waals surface area contributed by atoms with E-state index in [0.717, 1.165) is 11.0 Å². The number of aliphatic hydroxyl groups excluding tert-OH is 1. The molecule has 10 nitrogen and oxygen atoms in total. The first kappa shape index (κ1) is 23.6. The lowest BCUT2D eigenvalue weighted by Gasteiger charge is -2.37. The van der Waals surface area contributed by atoms with Crippen LogP contribution in [-0.4, -0.2) is 70.4 Å². The van der Waals surface area contributed by atoms with Gasteiger partial charge in [-0.1, -0.05) is 24.3 Å². The summed E-state index contributed by atoms with van der Waals surface area (Å²) in [5, 5.41) is 12.4. The average molecular weight is 473 g/mol. The number of nitrogens with zero attached hydrogens (tertiary/aromatic N) is 2. The number of aliphatic hydroxyl groups is 1. The van der Waals surface area contributed by atoms with E-state index in [1.165, 1.54) is 23.1 Å². The van der Waals surface area contributed by atoms with Crippen LogP contribution in [0.4, 0.5) is 10.1 Å². The summed E-state index contributed by atoms with van der Waals surface area (Å²) in [6.07, 6.45) is 3.21. The number of aldehydes is 1. The minimum absolute atomic E-state index is 0.0202. The molecule has 11 heteroatoms. The van der Waals surface area contributed by atoms with Gasteiger partial charge in [0.1, 0.15) is 23.9 Å². The summed E-state index contributed by atoms with van der Waals surface area (Å²) in [7, 11) is 0. The summed E-state index contributed by atoms with van der Waals surface area (Å²) in [5.41, 5.74) is -0.214. The van der Waals surface area contributed by atoms with E-state index in [2.05, 4.69) is 10.1 Å². The fourth-order valence-corrected chi connectivity index (χ4v) is 4.76. The van der Waals surface area contributed by atoms with Crippen LogP contribution in [-0.2, 0) is 28.7 Å². The molecule has 5 atom stereocenters. The molecule has 2 unspecified atom stereocenters. The first-order valence-electron chi connectivity index (χ1n) is 11.0. The highest BCUT2D eigenvalue weighted by molar-refractivity contribution is 6.31. The Balaban J connectivity index is 1.64. The van der Waals surface area contributed by atoms with Crippen LogP contribution < -0.4 is 10.2 Å². The van der Waals surface area contributed by atoms with Gasteiger partial charge >= 0.3 is 5.97 Å². The number of fused-ring (bicyclic) bond motifs is 1. The van der Waals surface area contributed by atoms with E-state index in [0.29, 0.717) is 19.3 Å². The van der Waals surface area contributed by atoms with Crippen LogP contribution in [0.5, 0.6) is 0 Å². The highest BCUT2D eigenvalue weighted by Gasteiger charge is 2.46. The van der Waals surface area contributed by atoms with Crippen LogP contribution >= 0.6 is 0 Å². The van der Waals surface area contributed by atoms with Gasteiger partial charge < -0.3 is 20.1 Å². The predicted molar refractivity (Wildman–Crippen MR) is 114 cm³/mol. The summed E-state index contributed by atoms with van der Waals surface area (Å²) in [6, 6.07) is 1.87. The molecule has 0 spiro atoms. The van der Waals surface area contributed by atoms with Crippen molar-refractivity contribution in [3.63, 3.8) is 0 Å². The Labute approximate surface area is 194 Å². The van der Waals surface area contributed by atoms with E-state index >= 15 is 0 Å². The molecule has 0 aliphatic carbocycles. The number of hydrogen-bond donors (Lipinski definition) is 2. The van der Waals surface area contributed by atoms with Gasteiger partial charge in [-0.2, -0.15) is 0 Å². The molecule has 0 saturated carbocycles. The molecule has 0 bridgehead atoms. The molecule has 0 aromatic heterocycles. The second-order valence-corrected chi connectivity index (χ2v) is 8.43. The van der Waals surface area contributed by atoms with E-state index in [-0.39, 0.29) is 30.9 Å². The molecule has 2 fully saturated rings. The SMILES string of the molecule is O=CC(=O)N(c1ccccc1F)[C@H]1C/C=C\C[C@@H]2CC[C@@H](C(=O)NC3CC(=O)OC3O)N2C1=O. The number of halogens is 1. The molecule has 3 aliphatic heterocycles. The maximum atomic E-state index is 14.6. The first-order chi connectivity index (χ1) is 16.3. The molecule has 4 rings (SSSR count). The van der Waals surface area contributed by atoms with Crippen molar-refractivity contribution >= 4 is 35.7 Å². The predicted octanol–water partition coefficient (Wildman–Crippen LogP) is 0.186. The minimum atomic E-state index is -1.48. The zero-order valence-corrected chi connectivity index (χ0v) is 18.1. The number of nitrogens with one attached hydrogen (secondary N) is 1. The first-order valence-corrected chi connectivity index (χ1v) is 11.0. The van der Waals surface area contributed by atoms with Crippen molar-refractivity contribution in [2.75, 3.05) is 4.90 Å². The molecular formula is C23H24FN3O7. The van der Waals surface area contributed by atoms with Crippen LogP contribution in [0, 0.1) is 5.82 Å². The van der Waals surface area contributed by atoms with E-state index in [1.807, 2.05) is 6.08 Å². The van der Waals surface area contributed by atoms with Crippen molar-refractivity contribution in [3.8, 4) is 0 Å². The average Bonchev–Trinajstić information content (AvgIpc) is 3.36. The molecular weight excluding hydrogens is 449 g/mol. The van der Waals surface area contributed by atoms with E-state index in [9.17, 15) is 33.5 Å². The minimum Gasteiger partial charge on any atom is -0.434 e. The molecule has 1 aromatic rings. The van der Waals surface area contributed by atoms with Crippen molar-refractivity contribution < 1.29 is 38.2 Å². The van der Waals surface area contributed by atoms with Crippen LogP contribution in [0.3, 0.4) is 0 Å². The van der Waals surface area contributed by atoms with Crippen molar-refractivity contribution in [2.24, 2.45) is 0 Å². The normalized spacial score (nSPS) is 29.5. The molecule has 180 valence electrons.